The SMILES string of the molecule is O=C(O)c1cc(S(=O)(=O)Cl)ccc1OC(F)(F)F.O=C(O)c1cc(S(=O)O)ccc1OC(F)(F)F. The number of hydrogen-bond acceptors (Lipinski definition) is 7. The van der Waals surface area contributed by atoms with Crippen molar-refractivity contribution in [3.8, 4) is 11.5 Å². The van der Waals surface area contributed by atoms with Crippen molar-refractivity contribution in [2.45, 2.75) is 22.5 Å². The van der Waals surface area contributed by atoms with Crippen LogP contribution < -0.4 is 9.47 Å². The van der Waals surface area contributed by atoms with Crippen molar-refractivity contribution in [2.75, 3.05) is 0 Å². The Labute approximate surface area is 197 Å². The van der Waals surface area contributed by atoms with Crippen LogP contribution in [-0.2, 0) is 20.1 Å². The van der Waals surface area contributed by atoms with Crippen LogP contribution in [0.1, 0.15) is 20.7 Å². The number of hydrogen-bond donors (Lipinski definition) is 3. The molecule has 0 bridgehead atoms. The highest BCUT2D eigenvalue weighted by atomic mass is 35.7. The molecule has 0 heterocycles. The Balaban J connectivity index is 0.000000351. The fraction of sp³-hybridized carbons (Fsp3) is 0.125. The third-order valence-electron chi connectivity index (χ3n) is 3.30. The molecule has 0 saturated heterocycles. The van der Waals surface area contributed by atoms with Crippen molar-refractivity contribution in [1.82, 2.24) is 0 Å². The summed E-state index contributed by atoms with van der Waals surface area (Å²) in [4.78, 5) is 20.4. The number of rotatable bonds is 6. The van der Waals surface area contributed by atoms with Crippen LogP contribution >= 0.6 is 10.7 Å². The van der Waals surface area contributed by atoms with Gasteiger partial charge in [-0.1, -0.05) is 0 Å². The number of halogens is 7. The minimum absolute atomic E-state index is 0.336. The van der Waals surface area contributed by atoms with Crippen LogP contribution in [0.2, 0.25) is 0 Å². The zero-order chi connectivity index (χ0) is 27.4. The Kier molecular flexibility index (Phi) is 9.50. The first kappa shape index (κ1) is 29.9. The second-order valence-electron chi connectivity index (χ2n) is 5.71. The second-order valence-corrected chi connectivity index (χ2v) is 9.24. The molecule has 0 aromatic heterocycles. The summed E-state index contributed by atoms with van der Waals surface area (Å²) in [6.07, 6.45) is -10.1. The Morgan fingerprint density at radius 2 is 1.23 bits per heavy atom. The lowest BCUT2D eigenvalue weighted by Crippen LogP contribution is -2.19. The van der Waals surface area contributed by atoms with E-state index in [0.29, 0.717) is 30.3 Å². The molecule has 0 aliphatic rings. The highest BCUT2D eigenvalue weighted by molar-refractivity contribution is 8.13. The summed E-state index contributed by atoms with van der Waals surface area (Å²) in [6, 6.07) is 3.91. The normalized spacial score (nSPS) is 12.7. The van der Waals surface area contributed by atoms with Crippen molar-refractivity contribution >= 4 is 42.8 Å². The maximum absolute atomic E-state index is 12.0. The highest BCUT2D eigenvalue weighted by Gasteiger charge is 2.34. The molecule has 0 amide bonds. The summed E-state index contributed by atoms with van der Waals surface area (Å²) < 4.78 is 120. The van der Waals surface area contributed by atoms with E-state index >= 15 is 0 Å². The van der Waals surface area contributed by atoms with Gasteiger partial charge in [0.15, 0.2) is 11.1 Å². The van der Waals surface area contributed by atoms with Gasteiger partial charge in [-0.2, -0.15) is 0 Å². The van der Waals surface area contributed by atoms with Crippen LogP contribution in [0.3, 0.4) is 0 Å². The lowest BCUT2D eigenvalue weighted by atomic mass is 10.2. The zero-order valence-electron chi connectivity index (χ0n) is 16.1. The summed E-state index contributed by atoms with van der Waals surface area (Å²) in [6.45, 7) is 0. The average Bonchev–Trinajstić information content (AvgIpc) is 2.65. The molecule has 0 fully saturated rings. The molecule has 0 saturated carbocycles. The molecule has 0 aliphatic carbocycles. The summed E-state index contributed by atoms with van der Waals surface area (Å²) >= 11 is -2.49. The second kappa shape index (κ2) is 11.1. The smallest absolute Gasteiger partial charge is 0.478 e. The molecule has 1 unspecified atom stereocenters. The molecule has 2 rings (SSSR count). The van der Waals surface area contributed by atoms with Gasteiger partial charge in [0.05, 0.1) is 9.79 Å². The number of carbonyl (C=O) groups is 2. The third kappa shape index (κ3) is 9.97. The van der Waals surface area contributed by atoms with E-state index in [0.717, 1.165) is 6.07 Å². The molecule has 0 radical (unpaired) electrons. The van der Waals surface area contributed by atoms with Crippen LogP contribution in [0.5, 0.6) is 11.5 Å². The van der Waals surface area contributed by atoms with Crippen molar-refractivity contribution < 1.29 is 72.8 Å². The predicted molar refractivity (Wildman–Crippen MR) is 102 cm³/mol. The van der Waals surface area contributed by atoms with Gasteiger partial charge in [0.1, 0.15) is 22.6 Å². The number of carboxylic acids is 2. The summed E-state index contributed by atoms with van der Waals surface area (Å²) in [7, 11) is 0.690. The van der Waals surface area contributed by atoms with Gasteiger partial charge in [0, 0.05) is 10.7 Å². The number of carboxylic acid groups (broad SMARTS) is 2. The number of alkyl halides is 6. The van der Waals surface area contributed by atoms with Gasteiger partial charge < -0.3 is 24.2 Å². The van der Waals surface area contributed by atoms with Gasteiger partial charge in [-0.25, -0.2) is 22.2 Å². The van der Waals surface area contributed by atoms with E-state index in [9.17, 15) is 48.6 Å². The van der Waals surface area contributed by atoms with Gasteiger partial charge in [-0.15, -0.1) is 26.3 Å². The van der Waals surface area contributed by atoms with Crippen molar-refractivity contribution in [2.24, 2.45) is 0 Å². The fourth-order valence-electron chi connectivity index (χ4n) is 2.04. The fourth-order valence-corrected chi connectivity index (χ4v) is 3.22. The molecule has 0 aliphatic heterocycles. The van der Waals surface area contributed by atoms with E-state index in [4.69, 9.17) is 25.4 Å². The zero-order valence-corrected chi connectivity index (χ0v) is 18.5. The first-order chi connectivity index (χ1) is 15.7. The highest BCUT2D eigenvalue weighted by Crippen LogP contribution is 2.30. The molecule has 0 spiro atoms. The van der Waals surface area contributed by atoms with E-state index in [1.165, 1.54) is 0 Å². The number of aromatic carboxylic acids is 2. The van der Waals surface area contributed by atoms with Crippen molar-refractivity contribution in [3.05, 3.63) is 47.5 Å². The quantitative estimate of drug-likeness (QED) is 0.260. The largest absolute Gasteiger partial charge is 0.573 e. The molecular formula is C16H9ClF6O10S2. The maximum atomic E-state index is 12.0. The van der Waals surface area contributed by atoms with E-state index in [1.54, 1.807) is 0 Å². The van der Waals surface area contributed by atoms with Crippen LogP contribution in [0, 0.1) is 0 Å². The Morgan fingerprint density at radius 3 is 1.57 bits per heavy atom. The molecular weight excluding hydrogens is 566 g/mol. The van der Waals surface area contributed by atoms with Gasteiger partial charge in [0.25, 0.3) is 9.05 Å². The summed E-state index contributed by atoms with van der Waals surface area (Å²) in [5.74, 6) is -5.45. The first-order valence-electron chi connectivity index (χ1n) is 8.03. The predicted octanol–water partition coefficient (Wildman–Crippen LogP) is 4.07. The molecule has 2 aromatic carbocycles. The van der Waals surface area contributed by atoms with Crippen molar-refractivity contribution in [1.29, 1.82) is 0 Å². The number of benzene rings is 2. The Bertz CT molecular complexity index is 1240. The Hall–Kier alpha value is -3.09. The first-order valence-corrected chi connectivity index (χ1v) is 11.4. The van der Waals surface area contributed by atoms with Crippen LogP contribution in [-0.4, -0.2) is 52.1 Å². The van der Waals surface area contributed by atoms with Gasteiger partial charge in [-0.3, -0.25) is 0 Å². The lowest BCUT2D eigenvalue weighted by Gasteiger charge is -2.11. The Morgan fingerprint density at radius 1 is 0.829 bits per heavy atom. The number of ether oxygens (including phenoxy) is 2. The van der Waals surface area contributed by atoms with Crippen LogP contribution in [0.4, 0.5) is 26.3 Å². The van der Waals surface area contributed by atoms with Crippen LogP contribution in [0.25, 0.3) is 0 Å². The topological polar surface area (TPSA) is 164 Å². The summed E-state index contributed by atoms with van der Waals surface area (Å²) in [5, 5.41) is 17.3. The molecule has 3 N–H and O–H groups in total. The molecule has 10 nitrogen and oxygen atoms in total. The van der Waals surface area contributed by atoms with E-state index in [1.807, 2.05) is 0 Å². The standard InChI is InChI=1S/C8H4ClF3O5S.C8H5F3O5S/c9-18(15,16)4-1-2-6(17-8(10,11)12)5(3-4)7(13)14;9-8(10,11)16-6-2-1-4(17(14)15)3-5(6)7(12)13/h1-3H,(H,13,14);1-3H,(H,12,13)(H,14,15). The third-order valence-corrected chi connectivity index (χ3v) is 5.31. The molecule has 194 valence electrons. The van der Waals surface area contributed by atoms with E-state index in [2.05, 4.69) is 9.47 Å². The van der Waals surface area contributed by atoms with E-state index < -0.39 is 72.3 Å². The van der Waals surface area contributed by atoms with Crippen LogP contribution in [0.15, 0.2) is 46.2 Å². The monoisotopic (exact) mass is 574 g/mol. The van der Waals surface area contributed by atoms with Gasteiger partial charge in [0.2, 0.25) is 0 Å². The van der Waals surface area contributed by atoms with Gasteiger partial charge in [-0.05, 0) is 36.4 Å². The molecule has 19 heteroatoms. The summed E-state index contributed by atoms with van der Waals surface area (Å²) in [5.41, 5.74) is -1.81. The molecule has 1 atom stereocenters. The van der Waals surface area contributed by atoms with Gasteiger partial charge >= 0.3 is 24.7 Å². The molecule has 35 heavy (non-hydrogen) atoms. The maximum Gasteiger partial charge on any atom is 0.573 e. The average molecular weight is 575 g/mol. The minimum atomic E-state index is -5.09. The van der Waals surface area contributed by atoms with Crippen molar-refractivity contribution in [3.63, 3.8) is 0 Å². The van der Waals surface area contributed by atoms with E-state index in [-0.39, 0.29) is 4.90 Å². The minimum Gasteiger partial charge on any atom is -0.478 e. The molecule has 2 aromatic rings. The lowest BCUT2D eigenvalue weighted by molar-refractivity contribution is -0.275.